The van der Waals surface area contributed by atoms with E-state index in [1.54, 1.807) is 15.8 Å². The van der Waals surface area contributed by atoms with Crippen molar-refractivity contribution < 1.29 is 9.59 Å². The molecule has 2 aliphatic heterocycles. The predicted octanol–water partition coefficient (Wildman–Crippen LogP) is -0.835. The highest BCUT2D eigenvalue weighted by Gasteiger charge is 2.24. The number of hydrogen-bond acceptors (Lipinski definition) is 5. The van der Waals surface area contributed by atoms with Gasteiger partial charge in [-0.05, 0) is 32.4 Å². The summed E-state index contributed by atoms with van der Waals surface area (Å²) in [7, 11) is 0. The van der Waals surface area contributed by atoms with E-state index in [1.807, 2.05) is 0 Å². The van der Waals surface area contributed by atoms with Gasteiger partial charge in [-0.1, -0.05) is 5.21 Å². The molecule has 21 heavy (non-hydrogen) atoms. The van der Waals surface area contributed by atoms with Crippen molar-refractivity contribution in [2.75, 3.05) is 32.7 Å². The average molecular weight is 292 g/mol. The second kappa shape index (κ2) is 6.21. The number of amides is 2. The Kier molecular flexibility index (Phi) is 4.14. The number of carbonyl (C=O) groups is 2. The zero-order valence-corrected chi connectivity index (χ0v) is 11.9. The molecule has 2 saturated heterocycles. The quantitative estimate of drug-likeness (QED) is 0.742. The lowest BCUT2D eigenvalue weighted by molar-refractivity contribution is -0.121. The molecule has 2 N–H and O–H groups in total. The highest BCUT2D eigenvalue weighted by Crippen LogP contribution is 2.17. The van der Waals surface area contributed by atoms with Crippen LogP contribution in [0.1, 0.15) is 35.8 Å². The molecule has 1 aromatic rings. The standard InChI is InChI=1S/C13H20N6O2/c20-12-9-18(7-1-4-15-12)13(21)11-8-19(17-16-11)10-2-5-14-6-3-10/h8,10,14H,1-7,9H2,(H,15,20). The van der Waals surface area contributed by atoms with Gasteiger partial charge in [0.25, 0.3) is 5.91 Å². The first-order chi connectivity index (χ1) is 10.2. The number of nitrogens with one attached hydrogen (secondary N) is 2. The molecule has 2 amide bonds. The molecular weight excluding hydrogens is 272 g/mol. The zero-order valence-electron chi connectivity index (χ0n) is 11.9. The molecule has 0 saturated carbocycles. The molecule has 1 aromatic heterocycles. The zero-order chi connectivity index (χ0) is 14.7. The Morgan fingerprint density at radius 3 is 2.90 bits per heavy atom. The molecule has 0 aromatic carbocycles. The third-order valence-corrected chi connectivity index (χ3v) is 3.96. The molecule has 0 bridgehead atoms. The summed E-state index contributed by atoms with van der Waals surface area (Å²) in [5.74, 6) is -0.334. The van der Waals surface area contributed by atoms with Gasteiger partial charge in [0.05, 0.1) is 18.8 Å². The fourth-order valence-corrected chi connectivity index (χ4v) is 2.77. The Balaban J connectivity index is 1.69. The summed E-state index contributed by atoms with van der Waals surface area (Å²) in [4.78, 5) is 25.5. The topological polar surface area (TPSA) is 92.2 Å². The van der Waals surface area contributed by atoms with E-state index in [4.69, 9.17) is 0 Å². The van der Waals surface area contributed by atoms with Crippen LogP contribution in [0.2, 0.25) is 0 Å². The van der Waals surface area contributed by atoms with Crippen molar-refractivity contribution in [2.45, 2.75) is 25.3 Å². The molecule has 8 heteroatoms. The van der Waals surface area contributed by atoms with Gasteiger partial charge in [-0.3, -0.25) is 9.59 Å². The summed E-state index contributed by atoms with van der Waals surface area (Å²) in [6, 6.07) is 0.299. The SMILES string of the molecule is O=C1CN(C(=O)c2cn(C3CCNCC3)nn2)CCCN1. The van der Waals surface area contributed by atoms with Gasteiger partial charge < -0.3 is 15.5 Å². The van der Waals surface area contributed by atoms with Crippen LogP contribution >= 0.6 is 0 Å². The van der Waals surface area contributed by atoms with Crippen molar-refractivity contribution >= 4 is 11.8 Å². The van der Waals surface area contributed by atoms with Crippen LogP contribution in [0.3, 0.4) is 0 Å². The van der Waals surface area contributed by atoms with Crippen LogP contribution in [0, 0.1) is 0 Å². The fraction of sp³-hybridized carbons (Fsp3) is 0.692. The maximum absolute atomic E-state index is 12.4. The molecule has 0 spiro atoms. The van der Waals surface area contributed by atoms with Crippen molar-refractivity contribution in [3.05, 3.63) is 11.9 Å². The number of carbonyl (C=O) groups excluding carboxylic acids is 2. The first-order valence-corrected chi connectivity index (χ1v) is 7.42. The van der Waals surface area contributed by atoms with Crippen LogP contribution in [0.5, 0.6) is 0 Å². The van der Waals surface area contributed by atoms with Crippen LogP contribution in [0.25, 0.3) is 0 Å². The maximum Gasteiger partial charge on any atom is 0.276 e. The summed E-state index contributed by atoms with van der Waals surface area (Å²) >= 11 is 0. The Bertz CT molecular complexity index is 522. The van der Waals surface area contributed by atoms with E-state index in [-0.39, 0.29) is 18.4 Å². The van der Waals surface area contributed by atoms with Crippen LogP contribution in [0.4, 0.5) is 0 Å². The fourth-order valence-electron chi connectivity index (χ4n) is 2.77. The normalized spacial score (nSPS) is 21.0. The third kappa shape index (κ3) is 3.21. The minimum Gasteiger partial charge on any atom is -0.354 e. The average Bonchev–Trinajstić information content (AvgIpc) is 2.90. The van der Waals surface area contributed by atoms with Gasteiger partial charge in [0.15, 0.2) is 5.69 Å². The van der Waals surface area contributed by atoms with Crippen molar-refractivity contribution in [1.82, 2.24) is 30.5 Å². The summed E-state index contributed by atoms with van der Waals surface area (Å²) < 4.78 is 1.78. The second-order valence-corrected chi connectivity index (χ2v) is 5.50. The predicted molar refractivity (Wildman–Crippen MR) is 74.7 cm³/mol. The lowest BCUT2D eigenvalue weighted by atomic mass is 10.1. The van der Waals surface area contributed by atoms with Gasteiger partial charge in [-0.15, -0.1) is 5.10 Å². The van der Waals surface area contributed by atoms with Gasteiger partial charge in [-0.2, -0.15) is 0 Å². The van der Waals surface area contributed by atoms with Gasteiger partial charge in [-0.25, -0.2) is 4.68 Å². The van der Waals surface area contributed by atoms with Crippen molar-refractivity contribution in [1.29, 1.82) is 0 Å². The molecule has 2 aliphatic rings. The van der Waals surface area contributed by atoms with Crippen LogP contribution in [0.15, 0.2) is 6.20 Å². The van der Waals surface area contributed by atoms with Crippen LogP contribution < -0.4 is 10.6 Å². The second-order valence-electron chi connectivity index (χ2n) is 5.50. The van der Waals surface area contributed by atoms with E-state index < -0.39 is 0 Å². The maximum atomic E-state index is 12.4. The molecular formula is C13H20N6O2. The van der Waals surface area contributed by atoms with Gasteiger partial charge >= 0.3 is 0 Å². The summed E-state index contributed by atoms with van der Waals surface area (Å²) in [6.45, 7) is 3.20. The molecule has 3 heterocycles. The highest BCUT2D eigenvalue weighted by atomic mass is 16.2. The largest absolute Gasteiger partial charge is 0.354 e. The molecule has 0 atom stereocenters. The summed E-state index contributed by atoms with van der Waals surface area (Å²) in [6.07, 6.45) is 4.45. The highest BCUT2D eigenvalue weighted by molar-refractivity contribution is 5.94. The first-order valence-electron chi connectivity index (χ1n) is 7.42. The van der Waals surface area contributed by atoms with E-state index in [0.29, 0.717) is 24.8 Å². The van der Waals surface area contributed by atoms with Crippen molar-refractivity contribution in [2.24, 2.45) is 0 Å². The molecule has 0 radical (unpaired) electrons. The molecule has 3 rings (SSSR count). The first kappa shape index (κ1) is 14.0. The Morgan fingerprint density at radius 2 is 2.10 bits per heavy atom. The van der Waals surface area contributed by atoms with Gasteiger partial charge in [0, 0.05) is 13.1 Å². The van der Waals surface area contributed by atoms with E-state index in [2.05, 4.69) is 20.9 Å². The number of piperidine rings is 1. The van der Waals surface area contributed by atoms with E-state index in [1.165, 1.54) is 0 Å². The minimum atomic E-state index is -0.216. The lowest BCUT2D eigenvalue weighted by Crippen LogP contribution is -2.37. The molecule has 2 fully saturated rings. The van der Waals surface area contributed by atoms with E-state index >= 15 is 0 Å². The van der Waals surface area contributed by atoms with Crippen LogP contribution in [-0.2, 0) is 4.79 Å². The number of rotatable bonds is 2. The molecule has 8 nitrogen and oxygen atoms in total. The van der Waals surface area contributed by atoms with Crippen LogP contribution in [-0.4, -0.2) is 64.4 Å². The van der Waals surface area contributed by atoms with Crippen molar-refractivity contribution in [3.8, 4) is 0 Å². The van der Waals surface area contributed by atoms with Gasteiger partial charge in [0.1, 0.15) is 0 Å². The van der Waals surface area contributed by atoms with Crippen molar-refractivity contribution in [3.63, 3.8) is 0 Å². The number of aromatic nitrogens is 3. The van der Waals surface area contributed by atoms with E-state index in [9.17, 15) is 9.59 Å². The molecule has 0 aliphatic carbocycles. The Labute approximate surface area is 122 Å². The number of hydrogen-bond donors (Lipinski definition) is 2. The third-order valence-electron chi connectivity index (χ3n) is 3.96. The minimum absolute atomic E-state index is 0.0963. The van der Waals surface area contributed by atoms with Gasteiger partial charge in [0.2, 0.25) is 5.91 Å². The number of nitrogens with zero attached hydrogens (tertiary/aromatic N) is 4. The summed E-state index contributed by atoms with van der Waals surface area (Å²) in [5, 5.41) is 14.1. The molecule has 0 unspecified atom stereocenters. The Hall–Kier alpha value is -1.96. The monoisotopic (exact) mass is 292 g/mol. The Morgan fingerprint density at radius 1 is 1.29 bits per heavy atom. The lowest BCUT2D eigenvalue weighted by Gasteiger charge is -2.22. The molecule has 114 valence electrons. The smallest absolute Gasteiger partial charge is 0.276 e. The van der Waals surface area contributed by atoms with E-state index in [0.717, 1.165) is 32.4 Å². The summed E-state index contributed by atoms with van der Waals surface area (Å²) in [5.41, 5.74) is 0.322.